The highest BCUT2D eigenvalue weighted by atomic mass is 35.5. The highest BCUT2D eigenvalue weighted by Crippen LogP contribution is 2.42. The lowest BCUT2D eigenvalue weighted by Gasteiger charge is -2.27. The Morgan fingerprint density at radius 3 is 2.67 bits per heavy atom. The molecule has 4 aromatic rings. The average molecular weight is 473 g/mol. The number of benzene rings is 2. The first-order chi connectivity index (χ1) is 15.7. The second-order valence-electron chi connectivity index (χ2n) is 8.29. The molecule has 33 heavy (non-hydrogen) atoms. The van der Waals surface area contributed by atoms with E-state index in [1.54, 1.807) is 31.2 Å². The van der Waals surface area contributed by atoms with Crippen LogP contribution in [-0.4, -0.2) is 19.7 Å². The van der Waals surface area contributed by atoms with E-state index in [1.807, 2.05) is 4.57 Å². The molecule has 0 radical (unpaired) electrons. The molecule has 1 aliphatic rings. The largest absolute Gasteiger partial charge is 0.441 e. The molecule has 1 aliphatic heterocycles. The number of oxazole rings is 1. The van der Waals surface area contributed by atoms with Gasteiger partial charge >= 0.3 is 0 Å². The molecule has 0 spiro atoms. The molecule has 2 aromatic heterocycles. The minimum Gasteiger partial charge on any atom is -0.441 e. The van der Waals surface area contributed by atoms with Crippen molar-refractivity contribution in [3.63, 3.8) is 0 Å². The van der Waals surface area contributed by atoms with Crippen LogP contribution in [-0.2, 0) is 12.5 Å². The molecule has 0 aliphatic carbocycles. The molecule has 0 saturated heterocycles. The molecule has 0 fully saturated rings. The number of aryl methyl sites for hydroxylation is 1. The lowest BCUT2D eigenvalue weighted by Crippen LogP contribution is -2.21. The van der Waals surface area contributed by atoms with Crippen molar-refractivity contribution in [1.82, 2.24) is 19.7 Å². The molecule has 0 bridgehead atoms. The molecule has 3 heterocycles. The molecule has 170 valence electrons. The number of rotatable bonds is 4. The van der Waals surface area contributed by atoms with Gasteiger partial charge in [0.15, 0.2) is 17.5 Å². The number of alkyl halides is 2. The Morgan fingerprint density at radius 1 is 1.15 bits per heavy atom. The maximum Gasteiger partial charge on any atom is 0.270 e. The van der Waals surface area contributed by atoms with Crippen LogP contribution in [0.1, 0.15) is 48.5 Å². The van der Waals surface area contributed by atoms with Gasteiger partial charge in [-0.3, -0.25) is 0 Å². The standard InChI is InChI=1S/C24H20ClF3N4O/c1-13-29-12-21(33-13)18-7-5-14(10-20(18)26)22-30-31-23-17(4-3-9-32(22)23)16-8-6-15(25)11-19(16)24(2,27)28/h5-8,10-12,17H,3-4,9H2,1-2H3. The molecule has 1 atom stereocenters. The molecule has 0 N–H and O–H groups in total. The van der Waals surface area contributed by atoms with Gasteiger partial charge in [0.05, 0.1) is 11.8 Å². The highest BCUT2D eigenvalue weighted by Gasteiger charge is 2.35. The van der Waals surface area contributed by atoms with E-state index in [0.29, 0.717) is 53.0 Å². The van der Waals surface area contributed by atoms with Crippen LogP contribution in [0.2, 0.25) is 5.02 Å². The molecule has 1 unspecified atom stereocenters. The van der Waals surface area contributed by atoms with Gasteiger partial charge in [-0.1, -0.05) is 23.7 Å². The first-order valence-electron chi connectivity index (χ1n) is 10.6. The number of hydrogen-bond donors (Lipinski definition) is 0. The molecule has 5 nitrogen and oxygen atoms in total. The molecular formula is C24H20ClF3N4O. The van der Waals surface area contributed by atoms with Crippen molar-refractivity contribution in [2.24, 2.45) is 0 Å². The Balaban J connectivity index is 1.55. The summed E-state index contributed by atoms with van der Waals surface area (Å²) in [5.41, 5.74) is 1.21. The second-order valence-corrected chi connectivity index (χ2v) is 8.72. The fourth-order valence-electron chi connectivity index (χ4n) is 4.44. The zero-order valence-electron chi connectivity index (χ0n) is 17.9. The van der Waals surface area contributed by atoms with E-state index in [0.717, 1.165) is 13.3 Å². The molecule has 9 heteroatoms. The lowest BCUT2D eigenvalue weighted by molar-refractivity contribution is 0.0162. The first kappa shape index (κ1) is 21.7. The van der Waals surface area contributed by atoms with Crippen LogP contribution >= 0.6 is 11.6 Å². The smallest absolute Gasteiger partial charge is 0.270 e. The van der Waals surface area contributed by atoms with Gasteiger partial charge < -0.3 is 8.98 Å². The third kappa shape index (κ3) is 3.93. The topological polar surface area (TPSA) is 56.7 Å². The third-order valence-electron chi connectivity index (χ3n) is 5.94. The second kappa shape index (κ2) is 8.02. The molecular weight excluding hydrogens is 453 g/mol. The summed E-state index contributed by atoms with van der Waals surface area (Å²) in [5, 5.41) is 8.89. The summed E-state index contributed by atoms with van der Waals surface area (Å²) in [6.07, 6.45) is 2.88. The summed E-state index contributed by atoms with van der Waals surface area (Å²) in [6.45, 7) is 3.17. The molecule has 0 amide bonds. The van der Waals surface area contributed by atoms with Gasteiger partial charge in [0.25, 0.3) is 5.92 Å². The van der Waals surface area contributed by atoms with E-state index < -0.39 is 11.7 Å². The van der Waals surface area contributed by atoms with Gasteiger partial charge in [-0.2, -0.15) is 0 Å². The van der Waals surface area contributed by atoms with Crippen molar-refractivity contribution < 1.29 is 17.6 Å². The number of fused-ring (bicyclic) bond motifs is 1. The minimum atomic E-state index is -3.05. The average Bonchev–Trinajstić information content (AvgIpc) is 3.39. The molecule has 0 saturated carbocycles. The SMILES string of the molecule is Cc1ncc(-c2ccc(-c3nnc4n3CCCC4c3ccc(Cl)cc3C(C)(F)F)cc2F)o1. The van der Waals surface area contributed by atoms with E-state index in [9.17, 15) is 13.2 Å². The number of halogens is 4. The Morgan fingerprint density at radius 2 is 1.97 bits per heavy atom. The van der Waals surface area contributed by atoms with Crippen molar-refractivity contribution in [2.45, 2.75) is 45.1 Å². The van der Waals surface area contributed by atoms with E-state index in [1.165, 1.54) is 18.3 Å². The number of aromatic nitrogens is 4. The zero-order chi connectivity index (χ0) is 23.3. The third-order valence-corrected chi connectivity index (χ3v) is 6.18. The predicted molar refractivity (Wildman–Crippen MR) is 118 cm³/mol. The normalized spacial score (nSPS) is 16.1. The van der Waals surface area contributed by atoms with Gasteiger partial charge in [-0.15, -0.1) is 10.2 Å². The Kier molecular flexibility index (Phi) is 5.28. The predicted octanol–water partition coefficient (Wildman–Crippen LogP) is 6.74. The summed E-state index contributed by atoms with van der Waals surface area (Å²) in [7, 11) is 0. The van der Waals surface area contributed by atoms with E-state index in [2.05, 4.69) is 15.2 Å². The van der Waals surface area contributed by atoms with Gasteiger partial charge in [-0.05, 0) is 42.7 Å². The quantitative estimate of drug-likeness (QED) is 0.330. The maximum atomic E-state index is 14.9. The maximum absolute atomic E-state index is 14.9. The summed E-state index contributed by atoms with van der Waals surface area (Å²) in [6, 6.07) is 9.29. The van der Waals surface area contributed by atoms with Gasteiger partial charge in [0.2, 0.25) is 0 Å². The van der Waals surface area contributed by atoms with E-state index in [-0.39, 0.29) is 16.5 Å². The van der Waals surface area contributed by atoms with Crippen LogP contribution in [0, 0.1) is 12.7 Å². The first-order valence-corrected chi connectivity index (χ1v) is 10.9. The summed E-state index contributed by atoms with van der Waals surface area (Å²) in [4.78, 5) is 4.01. The van der Waals surface area contributed by atoms with Gasteiger partial charge in [0, 0.05) is 42.5 Å². The van der Waals surface area contributed by atoms with Crippen LogP contribution in [0.25, 0.3) is 22.7 Å². The lowest BCUT2D eigenvalue weighted by atomic mass is 9.86. The summed E-state index contributed by atoms with van der Waals surface area (Å²) in [5.74, 6) is -2.02. The molecule has 2 aromatic carbocycles. The van der Waals surface area contributed by atoms with Crippen molar-refractivity contribution in [1.29, 1.82) is 0 Å². The van der Waals surface area contributed by atoms with Crippen molar-refractivity contribution in [3.05, 3.63) is 76.3 Å². The molecule has 5 rings (SSSR count). The number of nitrogens with zero attached hydrogens (tertiary/aromatic N) is 4. The van der Waals surface area contributed by atoms with Gasteiger partial charge in [0.1, 0.15) is 11.6 Å². The van der Waals surface area contributed by atoms with Crippen molar-refractivity contribution >= 4 is 11.6 Å². The monoisotopic (exact) mass is 472 g/mol. The fraction of sp³-hybridized carbons (Fsp3) is 0.292. The zero-order valence-corrected chi connectivity index (χ0v) is 18.7. The van der Waals surface area contributed by atoms with Crippen LogP contribution < -0.4 is 0 Å². The van der Waals surface area contributed by atoms with Crippen LogP contribution in [0.4, 0.5) is 13.2 Å². The Bertz CT molecular complexity index is 1340. The minimum absolute atomic E-state index is 0.115. The Labute approximate surface area is 193 Å². The van der Waals surface area contributed by atoms with Crippen molar-refractivity contribution in [3.8, 4) is 22.7 Å². The van der Waals surface area contributed by atoms with E-state index >= 15 is 0 Å². The van der Waals surface area contributed by atoms with Crippen molar-refractivity contribution in [2.75, 3.05) is 0 Å². The van der Waals surface area contributed by atoms with Crippen LogP contribution in [0.15, 0.2) is 47.0 Å². The van der Waals surface area contributed by atoms with Crippen LogP contribution in [0.3, 0.4) is 0 Å². The summed E-state index contributed by atoms with van der Waals surface area (Å²) >= 11 is 6.01. The van der Waals surface area contributed by atoms with Crippen LogP contribution in [0.5, 0.6) is 0 Å². The van der Waals surface area contributed by atoms with E-state index in [4.69, 9.17) is 16.0 Å². The number of hydrogen-bond acceptors (Lipinski definition) is 4. The highest BCUT2D eigenvalue weighted by molar-refractivity contribution is 6.30. The summed E-state index contributed by atoms with van der Waals surface area (Å²) < 4.78 is 50.9. The fourth-order valence-corrected chi connectivity index (χ4v) is 4.61. The van der Waals surface area contributed by atoms with Gasteiger partial charge in [-0.25, -0.2) is 18.2 Å². The Hall–Kier alpha value is -3.13.